The number of nitrogen functional groups attached to an aromatic ring is 1. The van der Waals surface area contributed by atoms with E-state index in [1.807, 2.05) is 48.5 Å². The number of fused-ring (bicyclic) bond motifs is 1. The van der Waals surface area contributed by atoms with E-state index < -0.39 is 35.8 Å². The van der Waals surface area contributed by atoms with E-state index in [9.17, 15) is 33.6 Å². The lowest BCUT2D eigenvalue weighted by atomic mass is 9.97. The highest BCUT2D eigenvalue weighted by Gasteiger charge is 2.30. The minimum Gasteiger partial charge on any atom is -0.495 e. The first-order valence-corrected chi connectivity index (χ1v) is 20.7. The van der Waals surface area contributed by atoms with Crippen LogP contribution >= 0.6 is 0 Å². The minimum absolute atomic E-state index is 0.0682. The number of ether oxygens (including phenoxy) is 1. The lowest BCUT2D eigenvalue weighted by Gasteiger charge is -2.41. The average Bonchev–Trinajstić information content (AvgIpc) is 3.69. The van der Waals surface area contributed by atoms with Crippen LogP contribution in [0.3, 0.4) is 0 Å². The third-order valence-corrected chi connectivity index (χ3v) is 10.3. The summed E-state index contributed by atoms with van der Waals surface area (Å²) in [7, 11) is 3.82. The SMILES string of the molecule is COc1cc(-c2nn(C3CCN(C4CCN(C)CC4)CC3)c3ncnc(N)c23)ccc1NC(=O)C[C@H](C)c1ccccc1.O=C(O)/C=C\C(=O)O.O=C(O)/C=C\C(=O)O.O=C(O)/C=C\C(=O)O. The Hall–Kier alpha value is -7.98. The number of carbonyl (C=O) groups is 7. The summed E-state index contributed by atoms with van der Waals surface area (Å²) in [6.07, 6.45) is 9.75. The first-order chi connectivity index (χ1) is 31.8. The summed E-state index contributed by atoms with van der Waals surface area (Å²) >= 11 is 0. The molecule has 6 rings (SSSR count). The summed E-state index contributed by atoms with van der Waals surface area (Å²) in [4.78, 5) is 84.3. The van der Waals surface area contributed by atoms with Crippen LogP contribution in [-0.2, 0) is 33.6 Å². The summed E-state index contributed by atoms with van der Waals surface area (Å²) in [6, 6.07) is 16.7. The Labute approximate surface area is 384 Å². The zero-order valence-corrected chi connectivity index (χ0v) is 37.0. The molecule has 2 saturated heterocycles. The maximum absolute atomic E-state index is 12.9. The number of likely N-dealkylation sites (tertiary alicyclic amines) is 2. The van der Waals surface area contributed by atoms with Crippen LogP contribution in [0.2, 0.25) is 0 Å². The highest BCUT2D eigenvalue weighted by atomic mass is 16.5. The molecule has 0 aliphatic carbocycles. The van der Waals surface area contributed by atoms with Gasteiger partial charge in [0.2, 0.25) is 5.91 Å². The smallest absolute Gasteiger partial charge is 0.328 e. The number of methoxy groups -OCH3 is 1. The van der Waals surface area contributed by atoms with Gasteiger partial charge in [0.15, 0.2) is 5.65 Å². The van der Waals surface area contributed by atoms with E-state index in [2.05, 4.69) is 43.7 Å². The number of aromatic nitrogens is 4. The summed E-state index contributed by atoms with van der Waals surface area (Å²) < 4.78 is 7.78. The molecule has 0 unspecified atom stereocenters. The van der Waals surface area contributed by atoms with Crippen LogP contribution in [0.4, 0.5) is 11.5 Å². The Bertz CT molecular complexity index is 2310. The van der Waals surface area contributed by atoms with Crippen LogP contribution in [0.5, 0.6) is 5.75 Å². The predicted octanol–water partition coefficient (Wildman–Crippen LogP) is 4.08. The Morgan fingerprint density at radius 2 is 1.22 bits per heavy atom. The van der Waals surface area contributed by atoms with E-state index in [4.69, 9.17) is 46.2 Å². The van der Waals surface area contributed by atoms with Gasteiger partial charge in [0.05, 0.1) is 24.2 Å². The van der Waals surface area contributed by atoms with Gasteiger partial charge in [-0.3, -0.25) is 4.79 Å². The number of amides is 1. The third kappa shape index (κ3) is 18.2. The molecular weight excluding hydrogens is 877 g/mol. The fraction of sp³-hybridized carbons (Fsp3) is 0.333. The maximum Gasteiger partial charge on any atom is 0.328 e. The van der Waals surface area contributed by atoms with Crippen molar-refractivity contribution in [3.8, 4) is 17.0 Å². The molecule has 1 atom stereocenters. The summed E-state index contributed by atoms with van der Waals surface area (Å²) in [6.45, 7) is 6.52. The Morgan fingerprint density at radius 3 is 1.70 bits per heavy atom. The Balaban J connectivity index is 0.000000406. The number of nitrogens with two attached hydrogens (primary N) is 1. The molecular formula is C45H54N8O14. The molecule has 22 nitrogen and oxygen atoms in total. The summed E-state index contributed by atoms with van der Waals surface area (Å²) in [5.74, 6) is -6.55. The van der Waals surface area contributed by atoms with Gasteiger partial charge in [-0.05, 0) is 69.4 Å². The molecule has 67 heavy (non-hydrogen) atoms. The number of rotatable bonds is 14. The maximum atomic E-state index is 12.9. The Kier molecular flexibility index (Phi) is 21.3. The number of aliphatic carboxylic acids is 6. The second kappa shape index (κ2) is 26.7. The number of hydrogen-bond acceptors (Lipinski definition) is 14. The van der Waals surface area contributed by atoms with Crippen LogP contribution < -0.4 is 15.8 Å². The highest BCUT2D eigenvalue weighted by Crippen LogP contribution is 2.38. The van der Waals surface area contributed by atoms with Crippen molar-refractivity contribution >= 4 is 64.3 Å². The van der Waals surface area contributed by atoms with E-state index in [0.717, 1.165) is 53.8 Å². The second-order valence-corrected chi connectivity index (χ2v) is 15.1. The topological polar surface area (TPSA) is 338 Å². The number of piperidine rings is 2. The second-order valence-electron chi connectivity index (χ2n) is 15.1. The van der Waals surface area contributed by atoms with Crippen molar-refractivity contribution in [1.82, 2.24) is 29.5 Å². The van der Waals surface area contributed by atoms with Crippen LogP contribution in [0.1, 0.15) is 56.6 Å². The summed E-state index contributed by atoms with van der Waals surface area (Å²) in [5.41, 5.74) is 10.5. The van der Waals surface area contributed by atoms with E-state index in [-0.39, 0.29) is 17.9 Å². The molecule has 0 bridgehead atoms. The third-order valence-electron chi connectivity index (χ3n) is 10.3. The minimum atomic E-state index is -1.26. The van der Waals surface area contributed by atoms with Crippen molar-refractivity contribution in [1.29, 1.82) is 0 Å². The Morgan fingerprint density at radius 1 is 0.731 bits per heavy atom. The quantitative estimate of drug-likeness (QED) is 0.0826. The number of carboxylic acid groups (broad SMARTS) is 6. The fourth-order valence-electron chi connectivity index (χ4n) is 7.06. The molecule has 4 heterocycles. The molecule has 0 radical (unpaired) electrons. The monoisotopic (exact) mass is 930 g/mol. The van der Waals surface area contributed by atoms with Crippen molar-refractivity contribution in [2.45, 2.75) is 57.0 Å². The molecule has 2 aromatic heterocycles. The molecule has 0 saturated carbocycles. The van der Waals surface area contributed by atoms with Gasteiger partial charge in [0, 0.05) is 67.6 Å². The lowest BCUT2D eigenvalue weighted by molar-refractivity contribution is -0.134. The average molecular weight is 931 g/mol. The van der Waals surface area contributed by atoms with Crippen LogP contribution in [0.15, 0.2) is 91.3 Å². The predicted molar refractivity (Wildman–Crippen MR) is 243 cm³/mol. The molecule has 9 N–H and O–H groups in total. The van der Waals surface area contributed by atoms with Gasteiger partial charge >= 0.3 is 35.8 Å². The van der Waals surface area contributed by atoms with Gasteiger partial charge in [-0.25, -0.2) is 43.4 Å². The van der Waals surface area contributed by atoms with Gasteiger partial charge in [-0.2, -0.15) is 5.10 Å². The van der Waals surface area contributed by atoms with E-state index in [0.29, 0.717) is 66.2 Å². The van der Waals surface area contributed by atoms with E-state index in [1.54, 1.807) is 7.11 Å². The lowest BCUT2D eigenvalue weighted by Crippen LogP contribution is -2.47. The number of carboxylic acids is 6. The molecule has 2 aromatic carbocycles. The van der Waals surface area contributed by atoms with Crippen molar-refractivity contribution in [3.05, 3.63) is 96.9 Å². The molecule has 22 heteroatoms. The van der Waals surface area contributed by atoms with Crippen LogP contribution in [0.25, 0.3) is 22.3 Å². The van der Waals surface area contributed by atoms with E-state index in [1.165, 1.54) is 32.3 Å². The molecule has 358 valence electrons. The first-order valence-electron chi connectivity index (χ1n) is 20.7. The largest absolute Gasteiger partial charge is 0.495 e. The van der Waals surface area contributed by atoms with Gasteiger partial charge in [0.1, 0.15) is 23.6 Å². The fourth-order valence-corrected chi connectivity index (χ4v) is 7.06. The van der Waals surface area contributed by atoms with Crippen molar-refractivity contribution in [2.75, 3.05) is 51.4 Å². The number of carbonyl (C=O) groups excluding carboxylic acids is 1. The number of nitrogens with one attached hydrogen (secondary N) is 1. The number of hydrogen-bond donors (Lipinski definition) is 8. The molecule has 2 aliphatic heterocycles. The van der Waals surface area contributed by atoms with Gasteiger partial charge < -0.3 is 56.2 Å². The van der Waals surface area contributed by atoms with Crippen molar-refractivity contribution in [2.24, 2.45) is 0 Å². The first kappa shape index (κ1) is 53.4. The van der Waals surface area contributed by atoms with Crippen LogP contribution in [-0.4, -0.2) is 148 Å². The van der Waals surface area contributed by atoms with Crippen LogP contribution in [0, 0.1) is 0 Å². The number of anilines is 2. The normalized spacial score (nSPS) is 15.0. The van der Waals surface area contributed by atoms with Gasteiger partial charge in [-0.1, -0.05) is 43.3 Å². The van der Waals surface area contributed by atoms with Crippen molar-refractivity contribution in [3.63, 3.8) is 0 Å². The highest BCUT2D eigenvalue weighted by molar-refractivity contribution is 5.99. The molecule has 2 fully saturated rings. The zero-order valence-electron chi connectivity index (χ0n) is 37.0. The standard InChI is InChI=1S/C33H42N8O2.3C4H4O4/c1-22(23-7-5-4-6-8-23)19-29(42)37-27-10-9-24(20-28(27)43-3)31-30-32(34)35-21-36-33(30)41(38-31)26-13-17-40(18-14-26)25-11-15-39(2)16-12-25;3*5-3(6)1-2-4(7)8/h4-10,20-22,25-26H,11-19H2,1-3H3,(H,37,42)(H2,34,35,36);3*1-2H,(H,5,6)(H,7,8)/b;3*2-1-/t22-;;;/m0.../s1. The van der Waals surface area contributed by atoms with Crippen molar-refractivity contribution < 1.29 is 68.9 Å². The zero-order chi connectivity index (χ0) is 49.6. The summed E-state index contributed by atoms with van der Waals surface area (Å²) in [5, 5.41) is 55.7. The molecule has 2 aliphatic rings. The van der Waals surface area contributed by atoms with E-state index >= 15 is 0 Å². The molecule has 1 amide bonds. The molecule has 4 aromatic rings. The number of benzene rings is 2. The van der Waals surface area contributed by atoms with Gasteiger partial charge in [-0.15, -0.1) is 0 Å². The van der Waals surface area contributed by atoms with Gasteiger partial charge in [0.25, 0.3) is 0 Å². The molecule has 0 spiro atoms. The number of nitrogens with zero attached hydrogens (tertiary/aromatic N) is 6.